The van der Waals surface area contributed by atoms with Gasteiger partial charge in [0.1, 0.15) is 11.6 Å². The Hall–Kier alpha value is -1.56. The van der Waals surface area contributed by atoms with Crippen molar-refractivity contribution in [3.8, 4) is 0 Å². The van der Waals surface area contributed by atoms with Crippen LogP contribution in [0.25, 0.3) is 0 Å². The summed E-state index contributed by atoms with van der Waals surface area (Å²) in [6.07, 6.45) is 0. The van der Waals surface area contributed by atoms with Gasteiger partial charge in [-0.25, -0.2) is 15.2 Å². The van der Waals surface area contributed by atoms with Gasteiger partial charge >= 0.3 is 0 Å². The third-order valence-electron chi connectivity index (χ3n) is 2.74. The Bertz CT molecular complexity index is 604. The summed E-state index contributed by atoms with van der Waals surface area (Å²) in [6, 6.07) is 7.80. The fourth-order valence-electron chi connectivity index (χ4n) is 1.76. The highest BCUT2D eigenvalue weighted by atomic mass is 35.5. The summed E-state index contributed by atoms with van der Waals surface area (Å²) in [4.78, 5) is 6.08. The van der Waals surface area contributed by atoms with Crippen LogP contribution in [-0.2, 0) is 6.54 Å². The summed E-state index contributed by atoms with van der Waals surface area (Å²) in [5, 5.41) is 0.759. The number of benzene rings is 1. The van der Waals surface area contributed by atoms with Crippen LogP contribution < -0.4 is 16.2 Å². The summed E-state index contributed by atoms with van der Waals surface area (Å²) in [6.45, 7) is 0.526. The van der Waals surface area contributed by atoms with Crippen LogP contribution >= 0.6 is 23.2 Å². The number of hydrogen-bond donors (Lipinski definition) is 2. The predicted octanol–water partition coefficient (Wildman–Crippen LogP) is 3.45. The molecule has 2 rings (SSSR count). The molecule has 0 bridgehead atoms. The van der Waals surface area contributed by atoms with Gasteiger partial charge in [-0.2, -0.15) is 0 Å². The molecule has 0 aliphatic rings. The number of rotatable bonds is 4. The van der Waals surface area contributed by atoms with E-state index < -0.39 is 0 Å². The van der Waals surface area contributed by atoms with Crippen molar-refractivity contribution in [2.24, 2.45) is 5.84 Å². The molecule has 1 aromatic carbocycles. The molecule has 4 nitrogen and oxygen atoms in total. The first-order valence-corrected chi connectivity index (χ1v) is 6.55. The van der Waals surface area contributed by atoms with E-state index in [2.05, 4.69) is 10.4 Å². The minimum Gasteiger partial charge on any atom is -0.354 e. The molecular formula is C13H13Cl2FN4. The van der Waals surface area contributed by atoms with E-state index in [-0.39, 0.29) is 5.82 Å². The van der Waals surface area contributed by atoms with Gasteiger partial charge in [-0.3, -0.25) is 0 Å². The van der Waals surface area contributed by atoms with Crippen LogP contribution in [0.1, 0.15) is 5.56 Å². The second-order valence-corrected chi connectivity index (χ2v) is 5.07. The fraction of sp³-hybridized carbons (Fsp3) is 0.154. The number of aromatic nitrogens is 1. The smallest absolute Gasteiger partial charge is 0.161 e. The van der Waals surface area contributed by atoms with Crippen LogP contribution in [0, 0.1) is 5.82 Å². The highest BCUT2D eigenvalue weighted by molar-refractivity contribution is 6.37. The molecule has 2 aromatic rings. The van der Waals surface area contributed by atoms with Crippen molar-refractivity contribution < 1.29 is 4.39 Å². The lowest BCUT2D eigenvalue weighted by Crippen LogP contribution is -2.19. The van der Waals surface area contributed by atoms with Gasteiger partial charge in [0.15, 0.2) is 5.82 Å². The average Bonchev–Trinajstić information content (AvgIpc) is 2.41. The summed E-state index contributed by atoms with van der Waals surface area (Å²) in [5.74, 6) is 5.95. The third-order valence-corrected chi connectivity index (χ3v) is 3.31. The normalized spacial score (nSPS) is 10.4. The van der Waals surface area contributed by atoms with Crippen molar-refractivity contribution >= 4 is 34.8 Å². The first kappa shape index (κ1) is 14.8. The Morgan fingerprint density at radius 2 is 1.90 bits per heavy atom. The lowest BCUT2D eigenvalue weighted by molar-refractivity contribution is 0.627. The number of nitrogens with one attached hydrogen (secondary N) is 1. The Morgan fingerprint density at radius 1 is 1.25 bits per heavy atom. The minimum atomic E-state index is -0.270. The highest BCUT2D eigenvalue weighted by Gasteiger charge is 2.13. The monoisotopic (exact) mass is 314 g/mol. The molecule has 106 valence electrons. The maximum atomic E-state index is 12.9. The van der Waals surface area contributed by atoms with E-state index >= 15 is 0 Å². The molecule has 0 aliphatic heterocycles. The van der Waals surface area contributed by atoms with E-state index in [1.165, 1.54) is 12.1 Å². The molecule has 0 fully saturated rings. The topological polar surface area (TPSA) is 54.2 Å². The Labute approximate surface area is 126 Å². The highest BCUT2D eigenvalue weighted by Crippen LogP contribution is 2.31. The number of pyridine rings is 1. The SMILES string of the molecule is CN(Cc1ccc(F)cc1)c1nc(NN)c(Cl)cc1Cl. The molecule has 1 aromatic heterocycles. The molecule has 0 saturated carbocycles. The van der Waals surface area contributed by atoms with Gasteiger partial charge in [-0.15, -0.1) is 0 Å². The molecule has 0 radical (unpaired) electrons. The summed E-state index contributed by atoms with van der Waals surface area (Å²) < 4.78 is 12.9. The van der Waals surface area contributed by atoms with Gasteiger partial charge in [0, 0.05) is 13.6 Å². The quantitative estimate of drug-likeness (QED) is 0.670. The molecule has 3 N–H and O–H groups in total. The second kappa shape index (κ2) is 6.26. The van der Waals surface area contributed by atoms with Crippen molar-refractivity contribution in [3.05, 3.63) is 51.8 Å². The van der Waals surface area contributed by atoms with Crippen molar-refractivity contribution in [2.45, 2.75) is 6.54 Å². The fourth-order valence-corrected chi connectivity index (χ4v) is 2.32. The van der Waals surface area contributed by atoms with Crippen LogP contribution in [0.15, 0.2) is 30.3 Å². The van der Waals surface area contributed by atoms with Gasteiger partial charge in [0.2, 0.25) is 0 Å². The molecule has 0 amide bonds. The Kier molecular flexibility index (Phi) is 4.65. The summed E-state index contributed by atoms with van der Waals surface area (Å²) in [7, 11) is 1.83. The first-order chi connectivity index (χ1) is 9.51. The van der Waals surface area contributed by atoms with Gasteiger partial charge in [0.25, 0.3) is 0 Å². The molecule has 1 heterocycles. The molecule has 20 heavy (non-hydrogen) atoms. The summed E-state index contributed by atoms with van der Waals surface area (Å²) in [5.41, 5.74) is 3.35. The van der Waals surface area contributed by atoms with E-state index in [1.807, 2.05) is 11.9 Å². The lowest BCUT2D eigenvalue weighted by atomic mass is 10.2. The number of hydrogen-bond acceptors (Lipinski definition) is 4. The number of nitrogen functional groups attached to an aromatic ring is 1. The van der Waals surface area contributed by atoms with Gasteiger partial charge in [-0.1, -0.05) is 35.3 Å². The van der Waals surface area contributed by atoms with Crippen molar-refractivity contribution in [1.82, 2.24) is 4.98 Å². The first-order valence-electron chi connectivity index (χ1n) is 5.79. The molecule has 0 atom stereocenters. The summed E-state index contributed by atoms with van der Waals surface area (Å²) >= 11 is 12.1. The van der Waals surface area contributed by atoms with E-state index in [0.29, 0.717) is 28.2 Å². The van der Waals surface area contributed by atoms with Gasteiger partial charge in [-0.05, 0) is 23.8 Å². The number of nitrogens with zero attached hydrogens (tertiary/aromatic N) is 2. The van der Waals surface area contributed by atoms with Crippen molar-refractivity contribution in [2.75, 3.05) is 17.4 Å². The number of anilines is 2. The number of hydrazine groups is 1. The Morgan fingerprint density at radius 3 is 2.50 bits per heavy atom. The van der Waals surface area contributed by atoms with E-state index in [0.717, 1.165) is 5.56 Å². The van der Waals surface area contributed by atoms with Gasteiger partial charge in [0.05, 0.1) is 10.0 Å². The van der Waals surface area contributed by atoms with E-state index in [4.69, 9.17) is 29.0 Å². The molecule has 7 heteroatoms. The number of halogens is 3. The van der Waals surface area contributed by atoms with Crippen LogP contribution in [0.2, 0.25) is 10.0 Å². The van der Waals surface area contributed by atoms with E-state index in [1.54, 1.807) is 18.2 Å². The standard InChI is InChI=1S/C13H13Cl2FN4/c1-20(7-8-2-4-9(16)5-3-8)13-11(15)6-10(14)12(18-13)19-17/h2-6H,7,17H2,1H3,(H,18,19). The maximum absolute atomic E-state index is 12.9. The third kappa shape index (κ3) is 3.30. The average molecular weight is 315 g/mol. The van der Waals surface area contributed by atoms with Crippen molar-refractivity contribution in [3.63, 3.8) is 0 Å². The van der Waals surface area contributed by atoms with Crippen LogP contribution in [0.5, 0.6) is 0 Å². The lowest BCUT2D eigenvalue weighted by Gasteiger charge is -2.20. The zero-order valence-corrected chi connectivity index (χ0v) is 12.2. The van der Waals surface area contributed by atoms with Crippen LogP contribution in [0.4, 0.5) is 16.0 Å². The zero-order valence-electron chi connectivity index (χ0n) is 10.7. The molecule has 0 aliphatic carbocycles. The zero-order chi connectivity index (χ0) is 14.7. The van der Waals surface area contributed by atoms with E-state index in [9.17, 15) is 4.39 Å². The van der Waals surface area contributed by atoms with Crippen LogP contribution in [0.3, 0.4) is 0 Å². The molecule has 0 spiro atoms. The van der Waals surface area contributed by atoms with Gasteiger partial charge < -0.3 is 10.3 Å². The predicted molar refractivity (Wildman–Crippen MR) is 80.6 cm³/mol. The largest absolute Gasteiger partial charge is 0.354 e. The number of nitrogens with two attached hydrogens (primary N) is 1. The van der Waals surface area contributed by atoms with Crippen molar-refractivity contribution in [1.29, 1.82) is 0 Å². The second-order valence-electron chi connectivity index (χ2n) is 4.25. The minimum absolute atomic E-state index is 0.270. The molecule has 0 saturated heterocycles. The molecule has 0 unspecified atom stereocenters. The molecular weight excluding hydrogens is 302 g/mol. The maximum Gasteiger partial charge on any atom is 0.161 e. The van der Waals surface area contributed by atoms with Crippen LogP contribution in [-0.4, -0.2) is 12.0 Å². The Balaban J connectivity index is 2.24.